The molecule has 0 aliphatic rings. The molecule has 82 valence electrons. The van der Waals surface area contributed by atoms with Crippen LogP contribution in [0.1, 0.15) is 31.2 Å². The topological polar surface area (TPSA) is 29.9 Å². The van der Waals surface area contributed by atoms with E-state index < -0.39 is 0 Å². The summed E-state index contributed by atoms with van der Waals surface area (Å²) >= 11 is 0. The lowest BCUT2D eigenvalue weighted by Crippen LogP contribution is -2.16. The van der Waals surface area contributed by atoms with Crippen LogP contribution in [-0.4, -0.2) is 16.3 Å². The van der Waals surface area contributed by atoms with E-state index in [1.54, 1.807) is 0 Å². The van der Waals surface area contributed by atoms with E-state index in [-0.39, 0.29) is 12.4 Å². The number of hydrogen-bond donors (Lipinski definition) is 1. The lowest BCUT2D eigenvalue weighted by Gasteiger charge is -2.03. The van der Waals surface area contributed by atoms with Crippen LogP contribution < -0.4 is 5.32 Å². The van der Waals surface area contributed by atoms with Crippen LogP contribution in [-0.2, 0) is 13.6 Å². The van der Waals surface area contributed by atoms with Crippen molar-refractivity contribution in [2.24, 2.45) is 7.05 Å². The fourth-order valence-corrected chi connectivity index (χ4v) is 1.35. The minimum absolute atomic E-state index is 0. The summed E-state index contributed by atoms with van der Waals surface area (Å²) in [6.45, 7) is 6.25. The molecule has 1 heterocycles. The van der Waals surface area contributed by atoms with Crippen LogP contribution in [0.4, 0.5) is 0 Å². The molecule has 0 saturated heterocycles. The maximum absolute atomic E-state index is 4.29. The lowest BCUT2D eigenvalue weighted by molar-refractivity contribution is 0.602. The number of nitrogens with zero attached hydrogens (tertiary/aromatic N) is 2. The number of aryl methyl sites for hydroxylation is 2. The Kier molecular flexibility index (Phi) is 6.58. The molecule has 0 fully saturated rings. The Morgan fingerprint density at radius 2 is 2.21 bits per heavy atom. The number of halogens is 1. The standard InChI is InChI=1S/C10H19N3.ClH/c1-4-5-6-11-8-10-7-9(2)12-13(10)3;/h7,11H,4-6,8H2,1-3H3;1H. The van der Waals surface area contributed by atoms with Gasteiger partial charge in [-0.05, 0) is 26.0 Å². The van der Waals surface area contributed by atoms with Gasteiger partial charge in [-0.15, -0.1) is 12.4 Å². The summed E-state index contributed by atoms with van der Waals surface area (Å²) in [6, 6.07) is 2.12. The number of nitrogens with one attached hydrogen (secondary N) is 1. The molecule has 0 aromatic carbocycles. The van der Waals surface area contributed by atoms with Gasteiger partial charge in [-0.25, -0.2) is 0 Å². The molecule has 0 unspecified atom stereocenters. The van der Waals surface area contributed by atoms with E-state index in [1.807, 2.05) is 18.7 Å². The first-order valence-electron chi connectivity index (χ1n) is 4.94. The minimum atomic E-state index is 0. The van der Waals surface area contributed by atoms with Gasteiger partial charge in [-0.1, -0.05) is 13.3 Å². The molecule has 0 atom stereocenters. The van der Waals surface area contributed by atoms with Crippen LogP contribution >= 0.6 is 12.4 Å². The van der Waals surface area contributed by atoms with E-state index in [9.17, 15) is 0 Å². The lowest BCUT2D eigenvalue weighted by atomic mass is 10.3. The van der Waals surface area contributed by atoms with Gasteiger partial charge in [0, 0.05) is 13.6 Å². The van der Waals surface area contributed by atoms with Gasteiger partial charge in [0.05, 0.1) is 11.4 Å². The highest BCUT2D eigenvalue weighted by atomic mass is 35.5. The van der Waals surface area contributed by atoms with Crippen molar-refractivity contribution >= 4 is 12.4 Å². The van der Waals surface area contributed by atoms with Crippen molar-refractivity contribution in [3.05, 3.63) is 17.5 Å². The largest absolute Gasteiger partial charge is 0.311 e. The quantitative estimate of drug-likeness (QED) is 0.766. The first-order chi connectivity index (χ1) is 6.24. The van der Waals surface area contributed by atoms with Crippen molar-refractivity contribution < 1.29 is 0 Å². The summed E-state index contributed by atoms with van der Waals surface area (Å²) in [5, 5.41) is 7.68. The van der Waals surface area contributed by atoms with Crippen LogP contribution in [0.3, 0.4) is 0 Å². The van der Waals surface area contributed by atoms with E-state index in [0.717, 1.165) is 18.8 Å². The summed E-state index contributed by atoms with van der Waals surface area (Å²) in [5.74, 6) is 0. The van der Waals surface area contributed by atoms with Crippen LogP contribution in [0.15, 0.2) is 6.07 Å². The molecule has 0 radical (unpaired) electrons. The van der Waals surface area contributed by atoms with Crippen molar-refractivity contribution in [1.29, 1.82) is 0 Å². The zero-order valence-electron chi connectivity index (χ0n) is 9.21. The average molecular weight is 218 g/mol. The Labute approximate surface area is 92.3 Å². The van der Waals surface area contributed by atoms with E-state index in [2.05, 4.69) is 23.4 Å². The second-order valence-electron chi connectivity index (χ2n) is 3.43. The molecule has 0 saturated carbocycles. The first-order valence-corrected chi connectivity index (χ1v) is 4.94. The number of hydrogen-bond acceptors (Lipinski definition) is 2. The summed E-state index contributed by atoms with van der Waals surface area (Å²) in [5.41, 5.74) is 2.35. The highest BCUT2D eigenvalue weighted by Crippen LogP contribution is 2.00. The summed E-state index contributed by atoms with van der Waals surface area (Å²) < 4.78 is 1.94. The summed E-state index contributed by atoms with van der Waals surface area (Å²) in [4.78, 5) is 0. The average Bonchev–Trinajstić information content (AvgIpc) is 2.39. The molecule has 0 aliphatic heterocycles. The molecular formula is C10H20ClN3. The molecule has 3 nitrogen and oxygen atoms in total. The molecule has 14 heavy (non-hydrogen) atoms. The molecule has 1 N–H and O–H groups in total. The molecule has 1 rings (SSSR count). The van der Waals surface area contributed by atoms with Gasteiger partial charge in [0.2, 0.25) is 0 Å². The Morgan fingerprint density at radius 3 is 2.71 bits per heavy atom. The monoisotopic (exact) mass is 217 g/mol. The number of unbranched alkanes of at least 4 members (excludes halogenated alkanes) is 1. The predicted molar refractivity (Wildman–Crippen MR) is 61.8 cm³/mol. The van der Waals surface area contributed by atoms with Gasteiger partial charge in [0.15, 0.2) is 0 Å². The smallest absolute Gasteiger partial charge is 0.0597 e. The number of rotatable bonds is 5. The second kappa shape index (κ2) is 6.85. The third-order valence-electron chi connectivity index (χ3n) is 2.11. The minimum Gasteiger partial charge on any atom is -0.311 e. The van der Waals surface area contributed by atoms with Crippen molar-refractivity contribution in [1.82, 2.24) is 15.1 Å². The number of aromatic nitrogens is 2. The van der Waals surface area contributed by atoms with Crippen LogP contribution in [0.25, 0.3) is 0 Å². The van der Waals surface area contributed by atoms with Gasteiger partial charge < -0.3 is 5.32 Å². The maximum Gasteiger partial charge on any atom is 0.0597 e. The zero-order chi connectivity index (χ0) is 9.68. The fraction of sp³-hybridized carbons (Fsp3) is 0.700. The molecule has 0 bridgehead atoms. The Morgan fingerprint density at radius 1 is 1.50 bits per heavy atom. The highest BCUT2D eigenvalue weighted by molar-refractivity contribution is 5.85. The van der Waals surface area contributed by atoms with Gasteiger partial charge in [0.1, 0.15) is 0 Å². The maximum atomic E-state index is 4.29. The van der Waals surface area contributed by atoms with E-state index in [4.69, 9.17) is 0 Å². The molecular weight excluding hydrogens is 198 g/mol. The molecule has 4 heteroatoms. The van der Waals surface area contributed by atoms with Crippen molar-refractivity contribution in [3.63, 3.8) is 0 Å². The Bertz CT molecular complexity index is 258. The highest BCUT2D eigenvalue weighted by Gasteiger charge is 1.99. The van der Waals surface area contributed by atoms with Gasteiger partial charge in [-0.2, -0.15) is 5.10 Å². The third-order valence-corrected chi connectivity index (χ3v) is 2.11. The Hall–Kier alpha value is -0.540. The molecule has 0 aliphatic carbocycles. The van der Waals surface area contributed by atoms with Crippen molar-refractivity contribution in [3.8, 4) is 0 Å². The third kappa shape index (κ3) is 4.11. The summed E-state index contributed by atoms with van der Waals surface area (Å²) in [6.07, 6.45) is 2.49. The van der Waals surface area contributed by atoms with E-state index in [1.165, 1.54) is 18.5 Å². The van der Waals surface area contributed by atoms with Crippen LogP contribution in [0.5, 0.6) is 0 Å². The van der Waals surface area contributed by atoms with E-state index >= 15 is 0 Å². The Balaban J connectivity index is 0.00000169. The van der Waals surface area contributed by atoms with Crippen LogP contribution in [0, 0.1) is 6.92 Å². The predicted octanol–water partition coefficient (Wildman–Crippen LogP) is 2.04. The first kappa shape index (κ1) is 13.5. The SMILES string of the molecule is CCCCNCc1cc(C)nn1C.Cl. The molecule has 1 aromatic heterocycles. The normalized spacial score (nSPS) is 9.93. The van der Waals surface area contributed by atoms with Crippen LogP contribution in [0.2, 0.25) is 0 Å². The molecule has 0 amide bonds. The van der Waals surface area contributed by atoms with Gasteiger partial charge in [0.25, 0.3) is 0 Å². The van der Waals surface area contributed by atoms with Gasteiger partial charge in [-0.3, -0.25) is 4.68 Å². The molecule has 0 spiro atoms. The second-order valence-corrected chi connectivity index (χ2v) is 3.43. The summed E-state index contributed by atoms with van der Waals surface area (Å²) in [7, 11) is 1.99. The molecule has 1 aromatic rings. The van der Waals surface area contributed by atoms with E-state index in [0.29, 0.717) is 0 Å². The van der Waals surface area contributed by atoms with Gasteiger partial charge >= 0.3 is 0 Å². The zero-order valence-corrected chi connectivity index (χ0v) is 10.0. The van der Waals surface area contributed by atoms with Crippen molar-refractivity contribution in [2.45, 2.75) is 33.2 Å². The fourth-order valence-electron chi connectivity index (χ4n) is 1.35. The van der Waals surface area contributed by atoms with Crippen molar-refractivity contribution in [2.75, 3.05) is 6.54 Å².